The van der Waals surface area contributed by atoms with Crippen molar-refractivity contribution in [1.82, 2.24) is 15.5 Å². The molecule has 2 N–H and O–H groups in total. The van der Waals surface area contributed by atoms with E-state index >= 15 is 0 Å². The first-order chi connectivity index (χ1) is 12.0. The molecule has 0 spiro atoms. The van der Waals surface area contributed by atoms with E-state index in [9.17, 15) is 9.59 Å². The molecular weight excluding hydrogens is 338 g/mol. The Morgan fingerprint density at radius 2 is 2.12 bits per heavy atom. The first-order valence-electron chi connectivity index (χ1n) is 8.71. The van der Waals surface area contributed by atoms with E-state index in [1.54, 1.807) is 0 Å². The monoisotopic (exact) mass is 363 g/mol. The summed E-state index contributed by atoms with van der Waals surface area (Å²) in [5, 5.41) is 5.78. The largest absolute Gasteiger partial charge is 0.337 e. The van der Waals surface area contributed by atoms with E-state index in [4.69, 9.17) is 11.6 Å². The SMILES string of the molecule is CN(CC(=O)NC(=O)NCCC1=CCCCC1)Cc1cccc(Cl)c1. The molecule has 136 valence electrons. The number of hydrogen-bond donors (Lipinski definition) is 2. The van der Waals surface area contributed by atoms with Crippen LogP contribution < -0.4 is 10.6 Å². The van der Waals surface area contributed by atoms with Crippen molar-refractivity contribution in [2.24, 2.45) is 0 Å². The molecule has 0 atom stereocenters. The molecule has 3 amide bonds. The van der Waals surface area contributed by atoms with Crippen molar-refractivity contribution in [2.75, 3.05) is 20.1 Å². The molecule has 0 saturated heterocycles. The van der Waals surface area contributed by atoms with Crippen molar-refractivity contribution in [3.05, 3.63) is 46.5 Å². The molecule has 1 aliphatic rings. The summed E-state index contributed by atoms with van der Waals surface area (Å²) in [6, 6.07) is 7.07. The van der Waals surface area contributed by atoms with Gasteiger partial charge in [-0.3, -0.25) is 15.0 Å². The third-order valence-corrected chi connectivity index (χ3v) is 4.36. The predicted molar refractivity (Wildman–Crippen MR) is 100 cm³/mol. The number of urea groups is 1. The van der Waals surface area contributed by atoms with Crippen molar-refractivity contribution < 1.29 is 9.59 Å². The van der Waals surface area contributed by atoms with Crippen molar-refractivity contribution in [3.63, 3.8) is 0 Å². The van der Waals surface area contributed by atoms with Gasteiger partial charge in [0.25, 0.3) is 0 Å². The third kappa shape index (κ3) is 7.71. The minimum Gasteiger partial charge on any atom is -0.337 e. The normalized spacial score (nSPS) is 14.1. The summed E-state index contributed by atoms with van der Waals surface area (Å²) in [7, 11) is 1.83. The van der Waals surface area contributed by atoms with E-state index in [-0.39, 0.29) is 12.5 Å². The number of allylic oxidation sites excluding steroid dienone is 1. The maximum Gasteiger partial charge on any atom is 0.321 e. The van der Waals surface area contributed by atoms with Crippen LogP contribution in [0.15, 0.2) is 35.9 Å². The van der Waals surface area contributed by atoms with E-state index < -0.39 is 6.03 Å². The molecule has 1 aromatic rings. The van der Waals surface area contributed by atoms with Crippen LogP contribution >= 0.6 is 11.6 Å². The second-order valence-electron chi connectivity index (χ2n) is 6.46. The summed E-state index contributed by atoms with van der Waals surface area (Å²) in [4.78, 5) is 25.6. The molecule has 2 rings (SSSR count). The Labute approximate surface area is 154 Å². The number of nitrogens with zero attached hydrogens (tertiary/aromatic N) is 1. The van der Waals surface area contributed by atoms with Gasteiger partial charge < -0.3 is 5.32 Å². The molecule has 0 fully saturated rings. The Morgan fingerprint density at radius 3 is 2.84 bits per heavy atom. The van der Waals surface area contributed by atoms with Crippen LogP contribution in [0.2, 0.25) is 5.02 Å². The average Bonchev–Trinajstić information content (AvgIpc) is 2.55. The van der Waals surface area contributed by atoms with E-state index in [1.165, 1.54) is 18.4 Å². The fraction of sp³-hybridized carbons (Fsp3) is 0.474. The maximum absolute atomic E-state index is 11.9. The zero-order chi connectivity index (χ0) is 18.1. The topological polar surface area (TPSA) is 61.4 Å². The van der Waals surface area contributed by atoms with Gasteiger partial charge in [0.15, 0.2) is 0 Å². The van der Waals surface area contributed by atoms with Gasteiger partial charge in [0.2, 0.25) is 5.91 Å². The maximum atomic E-state index is 11.9. The summed E-state index contributed by atoms with van der Waals surface area (Å²) >= 11 is 5.95. The molecule has 1 aliphatic carbocycles. The second kappa shape index (κ2) is 10.2. The van der Waals surface area contributed by atoms with Gasteiger partial charge in [-0.05, 0) is 56.8 Å². The lowest BCUT2D eigenvalue weighted by Crippen LogP contribution is -2.43. The number of nitrogens with one attached hydrogen (secondary N) is 2. The number of hydrogen-bond acceptors (Lipinski definition) is 3. The fourth-order valence-electron chi connectivity index (χ4n) is 2.93. The van der Waals surface area contributed by atoms with Crippen molar-refractivity contribution in [1.29, 1.82) is 0 Å². The first-order valence-corrected chi connectivity index (χ1v) is 9.09. The minimum atomic E-state index is -0.433. The highest BCUT2D eigenvalue weighted by atomic mass is 35.5. The molecule has 0 heterocycles. The summed E-state index contributed by atoms with van der Waals surface area (Å²) in [6.07, 6.45) is 7.87. The van der Waals surface area contributed by atoms with Crippen molar-refractivity contribution in [2.45, 2.75) is 38.6 Å². The Hall–Kier alpha value is -1.85. The van der Waals surface area contributed by atoms with Gasteiger partial charge in [0.1, 0.15) is 0 Å². The summed E-state index contributed by atoms with van der Waals surface area (Å²) < 4.78 is 0. The van der Waals surface area contributed by atoms with Crippen LogP contribution in [0.3, 0.4) is 0 Å². The number of rotatable bonds is 7. The van der Waals surface area contributed by atoms with Gasteiger partial charge in [0.05, 0.1) is 6.54 Å². The number of amides is 3. The minimum absolute atomic E-state index is 0.144. The number of likely N-dealkylation sites (N-methyl/N-ethyl adjacent to an activating group) is 1. The standard InChI is InChI=1S/C19H26ClN3O2/c1-23(13-16-8-5-9-17(20)12-16)14-18(24)22-19(25)21-11-10-15-6-3-2-4-7-15/h5-6,8-9,12H,2-4,7,10-11,13-14H2,1H3,(H2,21,22,24,25). The van der Waals surface area contributed by atoms with Gasteiger partial charge >= 0.3 is 6.03 Å². The van der Waals surface area contributed by atoms with Crippen LogP contribution in [0.5, 0.6) is 0 Å². The average molecular weight is 364 g/mol. The number of benzene rings is 1. The fourth-order valence-corrected chi connectivity index (χ4v) is 3.14. The van der Waals surface area contributed by atoms with Gasteiger partial charge in [0, 0.05) is 18.1 Å². The zero-order valence-corrected chi connectivity index (χ0v) is 15.4. The van der Waals surface area contributed by atoms with Crippen molar-refractivity contribution in [3.8, 4) is 0 Å². The van der Waals surface area contributed by atoms with Crippen LogP contribution in [0.25, 0.3) is 0 Å². The molecule has 5 nitrogen and oxygen atoms in total. The molecule has 1 aromatic carbocycles. The quantitative estimate of drug-likeness (QED) is 0.729. The van der Waals surface area contributed by atoms with Gasteiger partial charge in [-0.15, -0.1) is 0 Å². The van der Waals surface area contributed by atoms with Crippen LogP contribution in [0, 0.1) is 0 Å². The van der Waals surface area contributed by atoms with Crippen LogP contribution in [-0.4, -0.2) is 37.0 Å². The molecule has 0 unspecified atom stereocenters. The Balaban J connectivity index is 1.64. The lowest BCUT2D eigenvalue weighted by atomic mass is 9.97. The first kappa shape index (κ1) is 19.5. The van der Waals surface area contributed by atoms with E-state index in [0.717, 1.165) is 24.8 Å². The van der Waals surface area contributed by atoms with Crippen LogP contribution in [-0.2, 0) is 11.3 Å². The van der Waals surface area contributed by atoms with E-state index in [2.05, 4.69) is 16.7 Å². The molecule has 0 aromatic heterocycles. The highest BCUT2D eigenvalue weighted by Gasteiger charge is 2.11. The Bertz CT molecular complexity index is 631. The third-order valence-electron chi connectivity index (χ3n) is 4.12. The van der Waals surface area contributed by atoms with Crippen molar-refractivity contribution >= 4 is 23.5 Å². The van der Waals surface area contributed by atoms with Gasteiger partial charge in [-0.25, -0.2) is 4.79 Å². The Kier molecular flexibility index (Phi) is 7.95. The number of carbonyl (C=O) groups is 2. The summed E-state index contributed by atoms with van der Waals surface area (Å²) in [5.41, 5.74) is 2.42. The van der Waals surface area contributed by atoms with Crippen LogP contribution in [0.4, 0.5) is 4.79 Å². The lowest BCUT2D eigenvalue weighted by molar-refractivity contribution is -0.120. The van der Waals surface area contributed by atoms with E-state index in [0.29, 0.717) is 18.1 Å². The number of carbonyl (C=O) groups excluding carboxylic acids is 2. The van der Waals surface area contributed by atoms with Crippen LogP contribution in [0.1, 0.15) is 37.7 Å². The van der Waals surface area contributed by atoms with E-state index in [1.807, 2.05) is 36.2 Å². The smallest absolute Gasteiger partial charge is 0.321 e. The molecular formula is C19H26ClN3O2. The highest BCUT2D eigenvalue weighted by Crippen LogP contribution is 2.19. The second-order valence-corrected chi connectivity index (χ2v) is 6.90. The molecule has 0 bridgehead atoms. The predicted octanol–water partition coefficient (Wildman–Crippen LogP) is 3.49. The van der Waals surface area contributed by atoms with Gasteiger partial charge in [-0.2, -0.15) is 0 Å². The molecule has 0 saturated carbocycles. The summed E-state index contributed by atoms with van der Waals surface area (Å²) in [6.45, 7) is 1.29. The molecule has 6 heteroatoms. The molecule has 25 heavy (non-hydrogen) atoms. The molecule has 0 aliphatic heterocycles. The van der Waals surface area contributed by atoms with Gasteiger partial charge in [-0.1, -0.05) is 35.4 Å². The number of halogens is 1. The highest BCUT2D eigenvalue weighted by molar-refractivity contribution is 6.30. The number of imide groups is 1. The summed E-state index contributed by atoms with van der Waals surface area (Å²) in [5.74, 6) is -0.320. The molecule has 0 radical (unpaired) electrons. The zero-order valence-electron chi connectivity index (χ0n) is 14.7. The lowest BCUT2D eigenvalue weighted by Gasteiger charge is -2.16. The Morgan fingerprint density at radius 1 is 1.28 bits per heavy atom.